The highest BCUT2D eigenvalue weighted by atomic mass is 16.4. The molecule has 0 aliphatic carbocycles. The van der Waals surface area contributed by atoms with Gasteiger partial charge in [-0.1, -0.05) is 12.1 Å². The molecule has 0 spiro atoms. The molecule has 0 radical (unpaired) electrons. The standard InChI is InChI=1S/C13H12N2O.CH3NO2/c1-6-4-5-9-10-7(2)8(3)14-13(10)15-11(9)12(6)16;2-1(3)4/h4-5,16H,1-3H3;2H2,(H,3,4). The highest BCUT2D eigenvalue weighted by Crippen LogP contribution is 2.27. The smallest absolute Gasteiger partial charge is 0.402 e. The van der Waals surface area contributed by atoms with Crippen molar-refractivity contribution in [3.05, 3.63) is 39.5 Å². The van der Waals surface area contributed by atoms with Gasteiger partial charge in [-0.05, 0) is 31.9 Å². The molecule has 2 aliphatic heterocycles. The number of hydrogen-bond donors (Lipinski definition) is 3. The summed E-state index contributed by atoms with van der Waals surface area (Å²) in [6.07, 6.45) is -1.33. The van der Waals surface area contributed by atoms with Gasteiger partial charge >= 0.3 is 6.09 Å². The number of aromatic hydroxyl groups is 1. The summed E-state index contributed by atoms with van der Waals surface area (Å²) in [7, 11) is 0. The quantitative estimate of drug-likeness (QED) is 0.651. The maximum absolute atomic E-state index is 9.95. The number of rotatable bonds is 0. The van der Waals surface area contributed by atoms with Crippen molar-refractivity contribution in [3.63, 3.8) is 0 Å². The van der Waals surface area contributed by atoms with Crippen LogP contribution in [0.2, 0.25) is 0 Å². The lowest BCUT2D eigenvalue weighted by molar-refractivity contribution is 0.205. The van der Waals surface area contributed by atoms with E-state index in [1.807, 2.05) is 32.9 Å². The first-order valence-electron chi connectivity index (χ1n) is 6.00. The van der Waals surface area contributed by atoms with E-state index in [1.54, 1.807) is 0 Å². The molecule has 4 N–H and O–H groups in total. The lowest BCUT2D eigenvalue weighted by Crippen LogP contribution is -2.24. The average molecular weight is 273 g/mol. The Morgan fingerprint density at radius 2 is 1.80 bits per heavy atom. The fraction of sp³-hybridized carbons (Fsp3) is 0.214. The third-order valence-electron chi connectivity index (χ3n) is 3.25. The predicted octanol–water partition coefficient (Wildman–Crippen LogP) is 0.814. The molecule has 0 saturated carbocycles. The van der Waals surface area contributed by atoms with E-state index in [9.17, 15) is 5.11 Å². The molecule has 104 valence electrons. The van der Waals surface area contributed by atoms with Crippen LogP contribution in [0.3, 0.4) is 0 Å². The number of primary amides is 1. The Hall–Kier alpha value is -2.63. The normalized spacial score (nSPS) is 14.9. The van der Waals surface area contributed by atoms with Crippen molar-refractivity contribution in [1.82, 2.24) is 0 Å². The van der Waals surface area contributed by atoms with E-state index in [2.05, 4.69) is 15.7 Å². The lowest BCUT2D eigenvalue weighted by Gasteiger charge is -1.98. The number of amides is 1. The maximum Gasteiger partial charge on any atom is 0.402 e. The summed E-state index contributed by atoms with van der Waals surface area (Å²) < 4.78 is 0. The number of benzene rings is 1. The summed E-state index contributed by atoms with van der Waals surface area (Å²) >= 11 is 0. The second kappa shape index (κ2) is 4.80. The highest BCUT2D eigenvalue weighted by Gasteiger charge is 2.24. The fourth-order valence-electron chi connectivity index (χ4n) is 2.15. The zero-order valence-corrected chi connectivity index (χ0v) is 11.4. The summed E-state index contributed by atoms with van der Waals surface area (Å²) in [5, 5.41) is 18.8. The second-order valence-electron chi connectivity index (χ2n) is 4.60. The van der Waals surface area contributed by atoms with Gasteiger partial charge in [-0.15, -0.1) is 0 Å². The molecule has 20 heavy (non-hydrogen) atoms. The number of aryl methyl sites for hydroxylation is 1. The minimum atomic E-state index is -1.33. The molecular weight excluding hydrogens is 258 g/mol. The van der Waals surface area contributed by atoms with Gasteiger partial charge in [-0.3, -0.25) is 0 Å². The number of carboxylic acid groups (broad SMARTS) is 1. The van der Waals surface area contributed by atoms with Gasteiger partial charge in [0.1, 0.15) is 11.1 Å². The summed E-state index contributed by atoms with van der Waals surface area (Å²) in [4.78, 5) is 17.6. The number of carbonyl (C=O) groups is 1. The van der Waals surface area contributed by atoms with E-state index in [1.165, 1.54) is 0 Å². The number of nitrogens with zero attached hydrogens (tertiary/aromatic N) is 2. The van der Waals surface area contributed by atoms with Crippen LogP contribution >= 0.6 is 0 Å². The maximum atomic E-state index is 9.95. The summed E-state index contributed by atoms with van der Waals surface area (Å²) in [5.41, 5.74) is 8.12. The molecule has 6 nitrogen and oxygen atoms in total. The van der Waals surface area contributed by atoms with Crippen molar-refractivity contribution in [3.8, 4) is 5.75 Å². The van der Waals surface area contributed by atoms with Crippen LogP contribution in [0.4, 0.5) is 4.79 Å². The van der Waals surface area contributed by atoms with Gasteiger partial charge in [0.25, 0.3) is 0 Å². The number of phenols is 1. The van der Waals surface area contributed by atoms with Gasteiger partial charge < -0.3 is 15.9 Å². The Kier molecular flexibility index (Phi) is 3.31. The van der Waals surface area contributed by atoms with E-state index in [0.29, 0.717) is 5.36 Å². The van der Waals surface area contributed by atoms with E-state index < -0.39 is 6.09 Å². The van der Waals surface area contributed by atoms with Gasteiger partial charge in [-0.2, -0.15) is 0 Å². The number of phenolic OH excluding ortho intramolecular Hbond substituents is 1. The molecule has 3 rings (SSSR count). The van der Waals surface area contributed by atoms with Crippen LogP contribution in [-0.4, -0.2) is 22.1 Å². The number of fused-ring (bicyclic) bond motifs is 2. The van der Waals surface area contributed by atoms with Gasteiger partial charge in [0, 0.05) is 16.5 Å². The molecule has 0 saturated heterocycles. The van der Waals surface area contributed by atoms with E-state index in [-0.39, 0.29) is 5.75 Å². The van der Waals surface area contributed by atoms with Crippen molar-refractivity contribution >= 4 is 17.5 Å². The van der Waals surface area contributed by atoms with Gasteiger partial charge in [-0.25, -0.2) is 14.8 Å². The zero-order valence-electron chi connectivity index (χ0n) is 11.4. The summed E-state index contributed by atoms with van der Waals surface area (Å²) in [5.74, 6) is 1.01. The first kappa shape index (κ1) is 13.8. The van der Waals surface area contributed by atoms with Crippen molar-refractivity contribution in [1.29, 1.82) is 0 Å². The van der Waals surface area contributed by atoms with Crippen LogP contribution in [-0.2, 0) is 0 Å². The molecule has 6 heteroatoms. The Bertz CT molecular complexity index is 785. The second-order valence-corrected chi connectivity index (χ2v) is 4.60. The van der Waals surface area contributed by atoms with Crippen molar-refractivity contribution in [2.24, 2.45) is 15.7 Å². The molecular formula is C14H15N3O3. The summed E-state index contributed by atoms with van der Waals surface area (Å²) in [6, 6.07) is 3.92. The predicted molar refractivity (Wildman–Crippen MR) is 75.1 cm³/mol. The van der Waals surface area contributed by atoms with Crippen LogP contribution < -0.4 is 16.3 Å². The molecule has 1 aromatic rings. The van der Waals surface area contributed by atoms with Gasteiger partial charge in [0.15, 0.2) is 5.84 Å². The number of allylic oxidation sites excluding steroid dienone is 1. The minimum Gasteiger partial charge on any atom is -0.505 e. The van der Waals surface area contributed by atoms with Crippen molar-refractivity contribution in [2.75, 3.05) is 0 Å². The number of amidine groups is 1. The first-order chi connectivity index (χ1) is 9.32. The van der Waals surface area contributed by atoms with Gasteiger partial charge in [0.2, 0.25) is 0 Å². The lowest BCUT2D eigenvalue weighted by atomic mass is 10.0. The third kappa shape index (κ3) is 2.16. The van der Waals surface area contributed by atoms with E-state index >= 15 is 0 Å². The van der Waals surface area contributed by atoms with E-state index in [4.69, 9.17) is 9.90 Å². The Morgan fingerprint density at radius 3 is 2.40 bits per heavy atom. The minimum absolute atomic E-state index is 0.271. The van der Waals surface area contributed by atoms with Crippen molar-refractivity contribution in [2.45, 2.75) is 20.8 Å². The largest absolute Gasteiger partial charge is 0.505 e. The zero-order chi connectivity index (χ0) is 15.0. The van der Waals surface area contributed by atoms with Crippen LogP contribution in [0.1, 0.15) is 19.4 Å². The Labute approximate surface area is 115 Å². The molecule has 0 unspecified atom stereocenters. The molecule has 2 aliphatic rings. The number of nitrogens with two attached hydrogens (primary N) is 1. The molecule has 1 amide bonds. The number of aliphatic imine (C=N–C) groups is 1. The van der Waals surface area contributed by atoms with Crippen LogP contribution in [0, 0.1) is 6.92 Å². The summed E-state index contributed by atoms with van der Waals surface area (Å²) in [6.45, 7) is 5.90. The Morgan fingerprint density at radius 1 is 1.20 bits per heavy atom. The molecule has 1 aromatic carbocycles. The topological polar surface area (TPSA) is 108 Å². The molecule has 2 heterocycles. The van der Waals surface area contributed by atoms with Crippen molar-refractivity contribution < 1.29 is 15.0 Å². The molecule has 0 atom stereocenters. The third-order valence-corrected chi connectivity index (χ3v) is 3.25. The van der Waals surface area contributed by atoms with Crippen LogP contribution in [0.25, 0.3) is 5.57 Å². The first-order valence-corrected chi connectivity index (χ1v) is 6.00. The van der Waals surface area contributed by atoms with Crippen LogP contribution in [0.5, 0.6) is 5.75 Å². The molecule has 0 bridgehead atoms. The fourth-order valence-corrected chi connectivity index (χ4v) is 2.15. The SMILES string of the molecule is CC1=C(C)C2=c3ccc(C)c(O)c3=NC2=N1.NC(=O)O. The van der Waals surface area contributed by atoms with Gasteiger partial charge in [0.05, 0.1) is 0 Å². The molecule has 0 fully saturated rings. The monoisotopic (exact) mass is 273 g/mol. The Balaban J connectivity index is 0.000000328. The van der Waals surface area contributed by atoms with E-state index in [0.717, 1.165) is 33.5 Å². The average Bonchev–Trinajstić information content (AvgIpc) is 2.83. The number of hydrogen-bond acceptors (Lipinski definition) is 4. The van der Waals surface area contributed by atoms with Crippen LogP contribution in [0.15, 0.2) is 33.4 Å². The highest BCUT2D eigenvalue weighted by molar-refractivity contribution is 6.26. The molecule has 0 aromatic heterocycles.